The van der Waals surface area contributed by atoms with Crippen LogP contribution in [0, 0.1) is 23.7 Å². The average Bonchev–Trinajstić information content (AvgIpc) is 2.34. The van der Waals surface area contributed by atoms with E-state index >= 15 is 0 Å². The SMILES string of the molecule is [CH3][Sn]([CH3])([CH3])[CH]1CCC2CC3CCCCC3CC2C1. The van der Waals surface area contributed by atoms with Gasteiger partial charge >= 0.3 is 119 Å². The summed E-state index contributed by atoms with van der Waals surface area (Å²) in [4.78, 5) is 8.02. The Kier molecular flexibility index (Phi) is 4.05. The Balaban J connectivity index is 1.65. The van der Waals surface area contributed by atoms with E-state index in [2.05, 4.69) is 14.8 Å². The fourth-order valence-electron chi connectivity index (χ4n) is 5.40. The summed E-state index contributed by atoms with van der Waals surface area (Å²) in [5, 5.41) is 0. The van der Waals surface area contributed by atoms with Crippen molar-refractivity contribution in [3.8, 4) is 0 Å². The molecular weight excluding hydrogens is 323 g/mol. The maximum absolute atomic E-state index is 2.67. The first-order valence-corrected chi connectivity index (χ1v) is 18.7. The van der Waals surface area contributed by atoms with Crippen molar-refractivity contribution < 1.29 is 0 Å². The third kappa shape index (κ3) is 2.79. The molecule has 104 valence electrons. The summed E-state index contributed by atoms with van der Waals surface area (Å²) in [5.41, 5.74) is 0. The van der Waals surface area contributed by atoms with Gasteiger partial charge in [-0.25, -0.2) is 0 Å². The van der Waals surface area contributed by atoms with E-state index in [0.29, 0.717) is 0 Å². The molecule has 0 aromatic heterocycles. The molecule has 0 amide bonds. The van der Waals surface area contributed by atoms with Crippen molar-refractivity contribution in [3.63, 3.8) is 0 Å². The summed E-state index contributed by atoms with van der Waals surface area (Å²) in [7, 11) is 0. The van der Waals surface area contributed by atoms with Crippen LogP contribution in [0.1, 0.15) is 57.8 Å². The summed E-state index contributed by atoms with van der Waals surface area (Å²) in [6.07, 6.45) is 14.4. The second kappa shape index (κ2) is 5.30. The first-order valence-electron chi connectivity index (χ1n) is 8.54. The Hall–Kier alpha value is 0.799. The number of rotatable bonds is 1. The molecule has 5 unspecified atom stereocenters. The molecule has 0 bridgehead atoms. The van der Waals surface area contributed by atoms with Crippen LogP contribution in [0.25, 0.3) is 0 Å². The monoisotopic (exact) mass is 356 g/mol. The van der Waals surface area contributed by atoms with E-state index in [1.54, 1.807) is 57.8 Å². The zero-order chi connectivity index (χ0) is 12.8. The van der Waals surface area contributed by atoms with Gasteiger partial charge in [0.05, 0.1) is 0 Å². The van der Waals surface area contributed by atoms with Gasteiger partial charge in [0.2, 0.25) is 0 Å². The molecule has 3 saturated carbocycles. The van der Waals surface area contributed by atoms with E-state index in [1.165, 1.54) is 3.93 Å². The number of hydrogen-bond donors (Lipinski definition) is 0. The van der Waals surface area contributed by atoms with Crippen molar-refractivity contribution in [1.82, 2.24) is 0 Å². The van der Waals surface area contributed by atoms with Crippen LogP contribution >= 0.6 is 0 Å². The van der Waals surface area contributed by atoms with Gasteiger partial charge in [-0.3, -0.25) is 0 Å². The first-order chi connectivity index (χ1) is 8.54. The Labute approximate surface area is 118 Å². The minimum atomic E-state index is -1.61. The zero-order valence-electron chi connectivity index (χ0n) is 12.8. The number of fused-ring (bicyclic) bond motifs is 2. The molecule has 3 aliphatic rings. The van der Waals surface area contributed by atoms with Gasteiger partial charge in [0, 0.05) is 0 Å². The fourth-order valence-corrected chi connectivity index (χ4v) is 11.2. The van der Waals surface area contributed by atoms with Crippen LogP contribution in [0.5, 0.6) is 0 Å². The molecule has 0 nitrogen and oxygen atoms in total. The molecule has 0 radical (unpaired) electrons. The Morgan fingerprint density at radius 3 is 1.78 bits per heavy atom. The van der Waals surface area contributed by atoms with Crippen molar-refractivity contribution in [2.75, 3.05) is 0 Å². The van der Waals surface area contributed by atoms with Crippen LogP contribution in [0.3, 0.4) is 0 Å². The van der Waals surface area contributed by atoms with Gasteiger partial charge in [0.1, 0.15) is 0 Å². The molecule has 3 fully saturated rings. The van der Waals surface area contributed by atoms with E-state index < -0.39 is 18.4 Å². The van der Waals surface area contributed by atoms with Crippen molar-refractivity contribution >= 4 is 18.4 Å². The van der Waals surface area contributed by atoms with Gasteiger partial charge in [-0.15, -0.1) is 0 Å². The Bertz CT molecular complexity index is 290. The third-order valence-corrected chi connectivity index (χ3v) is 15.1. The van der Waals surface area contributed by atoms with Crippen LogP contribution in [0.2, 0.25) is 18.8 Å². The molecule has 5 atom stereocenters. The van der Waals surface area contributed by atoms with Crippen LogP contribution in [-0.4, -0.2) is 18.4 Å². The normalized spacial score (nSPS) is 45.2. The second-order valence-electron chi connectivity index (χ2n) is 8.67. The van der Waals surface area contributed by atoms with Crippen molar-refractivity contribution in [1.29, 1.82) is 0 Å². The predicted molar refractivity (Wildman–Crippen MR) is 82.6 cm³/mol. The topological polar surface area (TPSA) is 0 Å². The molecule has 0 aliphatic heterocycles. The van der Waals surface area contributed by atoms with E-state index in [0.717, 1.165) is 23.7 Å². The molecule has 0 heterocycles. The zero-order valence-corrected chi connectivity index (χ0v) is 15.6. The predicted octanol–water partition coefficient (Wildman–Crippen LogP) is 5.71. The molecule has 0 saturated heterocycles. The van der Waals surface area contributed by atoms with E-state index in [4.69, 9.17) is 0 Å². The van der Waals surface area contributed by atoms with Gasteiger partial charge in [-0.2, -0.15) is 0 Å². The quantitative estimate of drug-likeness (QED) is 0.529. The standard InChI is InChI=1S/C14H23.3CH3.Sn/c1-2-6-12-10-14-8-4-3-7-13(14)9-11(12)5-1;;;;/h1,11-14H,2-10H2;3*1H3;. The molecule has 18 heavy (non-hydrogen) atoms. The van der Waals surface area contributed by atoms with E-state index in [1.807, 2.05) is 0 Å². The van der Waals surface area contributed by atoms with Crippen LogP contribution in [-0.2, 0) is 0 Å². The summed E-state index contributed by atoms with van der Waals surface area (Å²) >= 11 is -1.61. The molecule has 0 aromatic rings. The average molecular weight is 355 g/mol. The van der Waals surface area contributed by atoms with Crippen LogP contribution in [0.15, 0.2) is 0 Å². The summed E-state index contributed by atoms with van der Waals surface area (Å²) < 4.78 is 1.21. The molecule has 1 heteroatoms. The van der Waals surface area contributed by atoms with Crippen molar-refractivity contribution in [3.05, 3.63) is 0 Å². The minimum absolute atomic E-state index is 1.15. The molecule has 0 aromatic carbocycles. The number of hydrogen-bond acceptors (Lipinski definition) is 0. The summed E-state index contributed by atoms with van der Waals surface area (Å²) in [6, 6.07) is 0. The maximum atomic E-state index is 2.67. The van der Waals surface area contributed by atoms with Gasteiger partial charge in [-0.1, -0.05) is 0 Å². The molecular formula is C17H32Sn. The first kappa shape index (κ1) is 13.8. The molecule has 0 N–H and O–H groups in total. The molecule has 3 aliphatic carbocycles. The van der Waals surface area contributed by atoms with Crippen LogP contribution in [0.4, 0.5) is 0 Å². The Morgan fingerprint density at radius 1 is 0.611 bits per heavy atom. The van der Waals surface area contributed by atoms with E-state index in [9.17, 15) is 0 Å². The molecule has 0 spiro atoms. The summed E-state index contributed by atoms with van der Waals surface area (Å²) in [6.45, 7) is 0. The van der Waals surface area contributed by atoms with Crippen molar-refractivity contribution in [2.24, 2.45) is 23.7 Å². The van der Waals surface area contributed by atoms with Gasteiger partial charge in [-0.05, 0) is 0 Å². The second-order valence-corrected chi connectivity index (χ2v) is 24.5. The van der Waals surface area contributed by atoms with Crippen LogP contribution < -0.4 is 0 Å². The fraction of sp³-hybridized carbons (Fsp3) is 1.00. The van der Waals surface area contributed by atoms with E-state index in [-0.39, 0.29) is 0 Å². The third-order valence-electron chi connectivity index (χ3n) is 6.64. The summed E-state index contributed by atoms with van der Waals surface area (Å²) in [5.74, 6) is 4.59. The Morgan fingerprint density at radius 2 is 1.17 bits per heavy atom. The van der Waals surface area contributed by atoms with Gasteiger partial charge in [0.15, 0.2) is 0 Å². The van der Waals surface area contributed by atoms with Gasteiger partial charge in [0.25, 0.3) is 0 Å². The van der Waals surface area contributed by atoms with Gasteiger partial charge < -0.3 is 0 Å². The van der Waals surface area contributed by atoms with Crippen molar-refractivity contribution in [2.45, 2.75) is 76.5 Å². The molecule has 3 rings (SSSR count).